The Labute approximate surface area is 138 Å². The molecule has 0 unspecified atom stereocenters. The Hall–Kier alpha value is 0.0300. The van der Waals surface area contributed by atoms with Crippen LogP contribution < -0.4 is 0 Å². The van der Waals surface area contributed by atoms with Gasteiger partial charge in [0.15, 0.2) is 0 Å². The summed E-state index contributed by atoms with van der Waals surface area (Å²) in [4.78, 5) is 0. The van der Waals surface area contributed by atoms with Crippen LogP contribution in [0.1, 0.15) is 96.8 Å². The van der Waals surface area contributed by atoms with Gasteiger partial charge in [0.05, 0.1) is 0 Å². The van der Waals surface area contributed by atoms with Gasteiger partial charge in [-0.2, -0.15) is 0 Å². The summed E-state index contributed by atoms with van der Waals surface area (Å²) in [5.74, 6) is 2.72. The van der Waals surface area contributed by atoms with E-state index in [0.29, 0.717) is 0 Å². The first kappa shape index (κ1) is 19.1. The average Bonchev–Trinajstić information content (AvgIpc) is 2.94. The summed E-state index contributed by atoms with van der Waals surface area (Å²) in [6, 6.07) is 0. The molecule has 1 heteroatoms. The van der Waals surface area contributed by atoms with Crippen molar-refractivity contribution in [1.29, 1.82) is 0 Å². The molecule has 1 aliphatic rings. The third-order valence-electron chi connectivity index (χ3n) is 5.03. The van der Waals surface area contributed by atoms with Gasteiger partial charge in [-0.05, 0) is 50.4 Å². The normalized spacial score (nSPS) is 22.4. The molecule has 0 spiro atoms. The highest BCUT2D eigenvalue weighted by Gasteiger charge is 2.24. The zero-order valence-corrected chi connectivity index (χ0v) is 15.0. The first-order chi connectivity index (χ1) is 10.4. The lowest BCUT2D eigenvalue weighted by Gasteiger charge is -2.16. The van der Waals surface area contributed by atoms with Crippen molar-refractivity contribution in [2.24, 2.45) is 11.8 Å². The summed E-state index contributed by atoms with van der Waals surface area (Å²) in [6.07, 6.45) is 24.6. The van der Waals surface area contributed by atoms with E-state index in [-0.39, 0.29) is 0 Å². The smallest absolute Gasteiger partial charge is 0.0223 e. The van der Waals surface area contributed by atoms with Crippen molar-refractivity contribution in [3.63, 3.8) is 0 Å². The van der Waals surface area contributed by atoms with E-state index in [0.717, 1.165) is 17.7 Å². The largest absolute Gasteiger partial charge is 0.127 e. The Bertz CT molecular complexity index is 246. The second-order valence-corrected chi connectivity index (χ2v) is 7.26. The molecule has 0 heterocycles. The minimum Gasteiger partial charge on any atom is -0.127 e. The van der Waals surface area contributed by atoms with Crippen LogP contribution in [0.15, 0.2) is 12.2 Å². The fourth-order valence-corrected chi connectivity index (χ4v) is 3.86. The molecule has 0 N–H and O–H groups in total. The summed E-state index contributed by atoms with van der Waals surface area (Å²) in [7, 11) is 0. The van der Waals surface area contributed by atoms with Crippen LogP contribution >= 0.6 is 11.6 Å². The van der Waals surface area contributed by atoms with Gasteiger partial charge in [-0.15, -0.1) is 11.6 Å². The van der Waals surface area contributed by atoms with E-state index in [2.05, 4.69) is 19.1 Å². The molecule has 21 heavy (non-hydrogen) atoms. The zero-order valence-electron chi connectivity index (χ0n) is 14.3. The third kappa shape index (κ3) is 9.61. The summed E-state index contributed by atoms with van der Waals surface area (Å²) < 4.78 is 0. The number of unbranched alkanes of at least 4 members (excludes halogenated alkanes) is 8. The maximum Gasteiger partial charge on any atom is 0.0223 e. The molecule has 0 bridgehead atoms. The lowest BCUT2D eigenvalue weighted by atomic mass is 9.90. The molecule has 1 aliphatic carbocycles. The Balaban J connectivity index is 2.06. The zero-order chi connectivity index (χ0) is 15.2. The molecule has 2 atom stereocenters. The maximum atomic E-state index is 5.71. The lowest BCUT2D eigenvalue weighted by Crippen LogP contribution is -2.05. The van der Waals surface area contributed by atoms with E-state index in [1.807, 2.05) is 0 Å². The molecule has 1 rings (SSSR count). The van der Waals surface area contributed by atoms with Gasteiger partial charge in [-0.1, -0.05) is 70.4 Å². The molecule has 0 aromatic heterocycles. The molecular formula is C20H37Cl. The van der Waals surface area contributed by atoms with Gasteiger partial charge in [0.1, 0.15) is 0 Å². The summed E-state index contributed by atoms with van der Waals surface area (Å²) in [5.41, 5.74) is 0. The molecule has 0 nitrogen and oxygen atoms in total. The van der Waals surface area contributed by atoms with Gasteiger partial charge in [0, 0.05) is 5.88 Å². The monoisotopic (exact) mass is 312 g/mol. The highest BCUT2D eigenvalue weighted by atomic mass is 35.5. The fourth-order valence-electron chi connectivity index (χ4n) is 3.67. The molecular weight excluding hydrogens is 276 g/mol. The van der Waals surface area contributed by atoms with Crippen molar-refractivity contribution < 1.29 is 0 Å². The second kappa shape index (κ2) is 13.7. The van der Waals surface area contributed by atoms with Crippen LogP contribution in [0.25, 0.3) is 0 Å². The lowest BCUT2D eigenvalue weighted by molar-refractivity contribution is 0.402. The van der Waals surface area contributed by atoms with Gasteiger partial charge >= 0.3 is 0 Å². The van der Waals surface area contributed by atoms with Gasteiger partial charge in [-0.3, -0.25) is 0 Å². The molecule has 0 aromatic carbocycles. The molecule has 1 fully saturated rings. The standard InChI is InChI=1S/C20H37Cl/c1-2-3-4-5-7-10-14-19-16-13-17-20(19)15-11-8-6-9-12-18-21/h11,15,19-20H,2-10,12-14,16-18H2,1H3/t19-,20-/m0/s1. The molecule has 124 valence electrons. The van der Waals surface area contributed by atoms with Crippen LogP contribution in [0.4, 0.5) is 0 Å². The van der Waals surface area contributed by atoms with Gasteiger partial charge in [0.25, 0.3) is 0 Å². The van der Waals surface area contributed by atoms with Crippen molar-refractivity contribution in [1.82, 2.24) is 0 Å². The number of alkyl halides is 1. The Kier molecular flexibility index (Phi) is 12.4. The van der Waals surface area contributed by atoms with Crippen LogP contribution in [0.2, 0.25) is 0 Å². The highest BCUT2D eigenvalue weighted by molar-refractivity contribution is 6.17. The number of hydrogen-bond acceptors (Lipinski definition) is 0. The van der Waals surface area contributed by atoms with Crippen LogP contribution in [0.3, 0.4) is 0 Å². The predicted octanol–water partition coefficient (Wildman–Crippen LogP) is 7.51. The SMILES string of the molecule is CCCCCCCC[C@H]1CCC[C@@H]1C=CCCCCCCl. The van der Waals surface area contributed by atoms with Gasteiger partial charge < -0.3 is 0 Å². The molecule has 0 aromatic rings. The highest BCUT2D eigenvalue weighted by Crippen LogP contribution is 2.36. The minimum atomic E-state index is 0.826. The van der Waals surface area contributed by atoms with Crippen LogP contribution in [0.5, 0.6) is 0 Å². The number of hydrogen-bond donors (Lipinski definition) is 0. The molecule has 0 radical (unpaired) electrons. The van der Waals surface area contributed by atoms with Gasteiger partial charge in [0.2, 0.25) is 0 Å². The minimum absolute atomic E-state index is 0.826. The number of halogens is 1. The van der Waals surface area contributed by atoms with E-state index < -0.39 is 0 Å². The molecule has 0 saturated heterocycles. The van der Waals surface area contributed by atoms with Crippen molar-refractivity contribution in [3.05, 3.63) is 12.2 Å². The van der Waals surface area contributed by atoms with Crippen molar-refractivity contribution in [2.45, 2.75) is 96.8 Å². The van der Waals surface area contributed by atoms with E-state index in [1.165, 1.54) is 89.9 Å². The Morgan fingerprint density at radius 1 is 0.905 bits per heavy atom. The van der Waals surface area contributed by atoms with E-state index in [4.69, 9.17) is 11.6 Å². The third-order valence-corrected chi connectivity index (χ3v) is 5.30. The van der Waals surface area contributed by atoms with Crippen molar-refractivity contribution >= 4 is 11.6 Å². The number of rotatable bonds is 13. The topological polar surface area (TPSA) is 0 Å². The second-order valence-electron chi connectivity index (χ2n) is 6.88. The molecule has 0 aliphatic heterocycles. The Morgan fingerprint density at radius 3 is 2.48 bits per heavy atom. The first-order valence-electron chi connectivity index (χ1n) is 9.61. The van der Waals surface area contributed by atoms with Crippen molar-refractivity contribution in [3.8, 4) is 0 Å². The van der Waals surface area contributed by atoms with Crippen molar-refractivity contribution in [2.75, 3.05) is 5.88 Å². The van der Waals surface area contributed by atoms with Crippen LogP contribution in [-0.4, -0.2) is 5.88 Å². The molecule has 0 amide bonds. The fraction of sp³-hybridized carbons (Fsp3) is 0.900. The predicted molar refractivity (Wildman–Crippen MR) is 97.2 cm³/mol. The van der Waals surface area contributed by atoms with Crippen LogP contribution in [-0.2, 0) is 0 Å². The molecule has 1 saturated carbocycles. The first-order valence-corrected chi connectivity index (χ1v) is 10.1. The van der Waals surface area contributed by atoms with E-state index in [1.54, 1.807) is 0 Å². The van der Waals surface area contributed by atoms with E-state index >= 15 is 0 Å². The summed E-state index contributed by atoms with van der Waals surface area (Å²) in [6.45, 7) is 2.30. The summed E-state index contributed by atoms with van der Waals surface area (Å²) >= 11 is 5.71. The average molecular weight is 313 g/mol. The number of allylic oxidation sites excluding steroid dienone is 2. The quantitative estimate of drug-likeness (QED) is 0.187. The van der Waals surface area contributed by atoms with Crippen LogP contribution in [0, 0.1) is 11.8 Å². The maximum absolute atomic E-state index is 5.71. The Morgan fingerprint density at radius 2 is 1.67 bits per heavy atom. The summed E-state index contributed by atoms with van der Waals surface area (Å²) in [5, 5.41) is 0. The van der Waals surface area contributed by atoms with E-state index in [9.17, 15) is 0 Å². The van der Waals surface area contributed by atoms with Gasteiger partial charge in [-0.25, -0.2) is 0 Å².